The molecule has 3 atom stereocenters. The Labute approximate surface area is 532 Å². The number of pyridine rings is 1. The average Bonchev–Trinajstić information content (AvgIpc) is 1.59. The van der Waals surface area contributed by atoms with Crippen LogP contribution in [0.15, 0.2) is 109 Å². The van der Waals surface area contributed by atoms with Gasteiger partial charge < -0.3 is 80.6 Å². The maximum atomic E-state index is 14.6. The number of imidazole rings is 1. The van der Waals surface area contributed by atoms with Crippen LogP contribution in [0.3, 0.4) is 0 Å². The molecule has 0 radical (unpaired) electrons. The van der Waals surface area contributed by atoms with Gasteiger partial charge in [0.1, 0.15) is 48.1 Å². The van der Waals surface area contributed by atoms with Crippen molar-refractivity contribution in [3.8, 4) is 11.5 Å². The molecule has 6 aromatic rings. The van der Waals surface area contributed by atoms with Gasteiger partial charge in [0, 0.05) is 98.8 Å². The van der Waals surface area contributed by atoms with Crippen molar-refractivity contribution < 1.29 is 77.1 Å². The number of nitrogens with one attached hydrogen (secondary N) is 5. The SMILES string of the molecule is Cc1cccc2c(OC(=O)N(CCOCCO)CCN(C)C(=O)OCc3ccc(NC(=O)[C@H](CCCNC(N)=O)NC(=O)[C@@H](NC(=O)OCCN4C(=O)C=CC4=O)C(C)C)cc3)cc3c(c12)[C@H](CCl)CN3C(=O)c1cn2cc(NC(=O)c3ccc(O)cc3)ccc2n1. The van der Waals surface area contributed by atoms with Gasteiger partial charge in [0.15, 0.2) is 0 Å². The number of nitrogens with two attached hydrogens (primary N) is 1. The number of primary amides is 1. The first-order chi connectivity index (χ1) is 44.1. The molecule has 4 aromatic carbocycles. The highest BCUT2D eigenvalue weighted by Crippen LogP contribution is 2.47. The summed E-state index contributed by atoms with van der Waals surface area (Å²) in [7, 11) is 1.48. The number of rotatable bonds is 28. The van der Waals surface area contributed by atoms with E-state index in [2.05, 4.69) is 31.6 Å². The lowest BCUT2D eigenvalue weighted by atomic mass is 9.92. The molecule has 29 heteroatoms. The number of aromatic nitrogens is 2. The lowest BCUT2D eigenvalue weighted by molar-refractivity contribution is -0.137. The number of ether oxygens (including phenoxy) is 4. The number of alkyl carbamates (subject to hydrolysis) is 1. The fraction of sp³-hybridized carbons (Fsp3) is 0.349. The minimum Gasteiger partial charge on any atom is -0.508 e. The molecule has 92 heavy (non-hydrogen) atoms. The molecule has 2 aromatic heterocycles. The number of carbonyl (C=O) groups excluding carboxylic acids is 10. The van der Waals surface area contributed by atoms with Crippen LogP contribution in [0.5, 0.6) is 11.5 Å². The van der Waals surface area contributed by atoms with Gasteiger partial charge in [0.25, 0.3) is 23.6 Å². The molecule has 2 aliphatic heterocycles. The van der Waals surface area contributed by atoms with Crippen LogP contribution in [0.25, 0.3) is 16.4 Å². The van der Waals surface area contributed by atoms with Gasteiger partial charge in [-0.05, 0) is 96.3 Å². The number of hydrogen-bond acceptors (Lipinski definition) is 17. The van der Waals surface area contributed by atoms with Crippen LogP contribution in [0.2, 0.25) is 0 Å². The second-order valence-electron chi connectivity index (χ2n) is 21.9. The predicted octanol–water partition coefficient (Wildman–Crippen LogP) is 5.36. The Balaban J connectivity index is 0.888. The minimum atomic E-state index is -1.18. The topological polar surface area (TPSA) is 365 Å². The Morgan fingerprint density at radius 2 is 1.55 bits per heavy atom. The van der Waals surface area contributed by atoms with Crippen molar-refractivity contribution >= 4 is 105 Å². The van der Waals surface area contributed by atoms with Crippen molar-refractivity contribution in [1.29, 1.82) is 0 Å². The summed E-state index contributed by atoms with van der Waals surface area (Å²) in [6.07, 6.45) is 3.05. The van der Waals surface area contributed by atoms with E-state index in [0.717, 1.165) is 33.6 Å². The molecular weight excluding hydrogens is 1220 g/mol. The number of benzene rings is 4. The molecule has 2 aliphatic rings. The Morgan fingerprint density at radius 3 is 2.25 bits per heavy atom. The van der Waals surface area contributed by atoms with Crippen molar-refractivity contribution in [2.24, 2.45) is 11.7 Å². The maximum Gasteiger partial charge on any atom is 0.415 e. The summed E-state index contributed by atoms with van der Waals surface area (Å²) in [4.78, 5) is 140. The standard InChI is InChI=1S/C63H71ClN12O16/c1-37(2)55(71-61(86)90-29-26-75-51(79)20-21-52(75)80)58(83)70-46(9-6-22-66-60(65)85)57(82)67-42-14-10-39(11-15-42)36-91-62(87)72(4)23-24-73(25-28-89-30-27-77)63(88)92-49-31-48-54(53-38(3)7-5-8-45(49)53)41(32-64)33-76(48)59(84)47-35-74-34-43(16-19-50(74)69-47)68-56(81)40-12-17-44(78)18-13-40/h5,7-8,10-21,31,34-35,37,41,46,55,77-78H,6,9,22-30,32-33,36H2,1-4H3,(H,67,82)(H,68,81)(H,70,83)(H,71,86)(H3,65,66,85)/t41-,46+,55+/m1/s1. The summed E-state index contributed by atoms with van der Waals surface area (Å²) in [5.74, 6) is -3.83. The number of anilines is 3. The maximum absolute atomic E-state index is 14.6. The van der Waals surface area contributed by atoms with Gasteiger partial charge in [0.2, 0.25) is 11.8 Å². The zero-order chi connectivity index (χ0) is 66.2. The van der Waals surface area contributed by atoms with Crippen LogP contribution >= 0.6 is 11.6 Å². The molecule has 9 N–H and O–H groups in total. The Kier molecular flexibility index (Phi) is 23.1. The summed E-state index contributed by atoms with van der Waals surface area (Å²) in [5.41, 5.74) is 9.41. The molecule has 0 spiro atoms. The first kappa shape index (κ1) is 67.6. The number of carbonyl (C=O) groups is 10. The van der Waals surface area contributed by atoms with E-state index in [9.17, 15) is 58.2 Å². The Hall–Kier alpha value is -10.3. The predicted molar refractivity (Wildman–Crippen MR) is 336 cm³/mol. The first-order valence-electron chi connectivity index (χ1n) is 29.4. The number of likely N-dealkylation sites (N-methyl/N-ethyl adjacent to an activating group) is 1. The number of phenolic OH excluding ortho intramolecular Hbond substituents is 1. The van der Waals surface area contributed by atoms with Gasteiger partial charge in [-0.25, -0.2) is 24.2 Å². The smallest absolute Gasteiger partial charge is 0.415 e. The van der Waals surface area contributed by atoms with Crippen molar-refractivity contribution in [2.75, 3.05) is 94.2 Å². The monoisotopic (exact) mass is 1290 g/mol. The summed E-state index contributed by atoms with van der Waals surface area (Å²) < 4.78 is 24.1. The number of fused-ring (bicyclic) bond motifs is 4. The molecule has 4 heterocycles. The molecule has 0 saturated heterocycles. The van der Waals surface area contributed by atoms with Gasteiger partial charge in [-0.3, -0.25) is 33.7 Å². The van der Waals surface area contributed by atoms with E-state index < -0.39 is 77.8 Å². The highest BCUT2D eigenvalue weighted by molar-refractivity contribution is 6.19. The number of aliphatic hydroxyl groups is 1. The van der Waals surface area contributed by atoms with Crippen molar-refractivity contribution in [2.45, 2.75) is 58.2 Å². The largest absolute Gasteiger partial charge is 0.508 e. The van der Waals surface area contributed by atoms with E-state index in [1.807, 2.05) is 19.1 Å². The zero-order valence-corrected chi connectivity index (χ0v) is 51.6. The fourth-order valence-electron chi connectivity index (χ4n) is 10.2. The molecule has 8 rings (SSSR count). The lowest BCUT2D eigenvalue weighted by Gasteiger charge is -2.26. The molecule has 0 aliphatic carbocycles. The zero-order valence-electron chi connectivity index (χ0n) is 50.8. The van der Waals surface area contributed by atoms with Crippen LogP contribution in [0.4, 0.5) is 36.2 Å². The Bertz CT molecular complexity index is 3750. The number of aryl methyl sites for hydroxylation is 1. The minimum absolute atomic E-state index is 0.0000137. The van der Waals surface area contributed by atoms with Crippen molar-refractivity contribution in [3.05, 3.63) is 137 Å². The van der Waals surface area contributed by atoms with Crippen LogP contribution in [-0.2, 0) is 40.0 Å². The summed E-state index contributed by atoms with van der Waals surface area (Å²) >= 11 is 6.64. The van der Waals surface area contributed by atoms with Gasteiger partial charge in [0.05, 0.1) is 37.7 Å². The number of halogens is 1. The Morgan fingerprint density at radius 1 is 0.826 bits per heavy atom. The van der Waals surface area contributed by atoms with Crippen LogP contribution in [0.1, 0.15) is 70.1 Å². The molecular formula is C63H71ClN12O16. The first-order valence-corrected chi connectivity index (χ1v) is 29.9. The third-order valence-corrected chi connectivity index (χ3v) is 15.4. The van der Waals surface area contributed by atoms with E-state index in [0.29, 0.717) is 39.2 Å². The number of aromatic hydroxyl groups is 1. The third-order valence-electron chi connectivity index (χ3n) is 15.0. The number of amides is 11. The summed E-state index contributed by atoms with van der Waals surface area (Å²) in [6, 6.07) is 19.4. The number of imide groups is 1. The number of hydrogen-bond donors (Lipinski definition) is 8. The fourth-order valence-corrected chi connectivity index (χ4v) is 10.4. The van der Waals surface area contributed by atoms with Gasteiger partial charge in [-0.15, -0.1) is 11.6 Å². The molecule has 486 valence electrons. The number of phenols is 1. The van der Waals surface area contributed by atoms with E-state index in [1.165, 1.54) is 41.1 Å². The second-order valence-corrected chi connectivity index (χ2v) is 22.2. The van der Waals surface area contributed by atoms with E-state index in [-0.39, 0.29) is 114 Å². The summed E-state index contributed by atoms with van der Waals surface area (Å²) in [6.45, 7) is 4.38. The van der Waals surface area contributed by atoms with Gasteiger partial charge >= 0.3 is 24.3 Å². The van der Waals surface area contributed by atoms with Crippen LogP contribution in [-0.4, -0.2) is 185 Å². The van der Waals surface area contributed by atoms with Crippen LogP contribution in [0, 0.1) is 12.8 Å². The second kappa shape index (κ2) is 31.4. The lowest BCUT2D eigenvalue weighted by Crippen LogP contribution is -2.54. The third kappa shape index (κ3) is 17.3. The van der Waals surface area contributed by atoms with Crippen LogP contribution < -0.4 is 42.0 Å². The number of urea groups is 1. The summed E-state index contributed by atoms with van der Waals surface area (Å²) in [5, 5.41) is 33.5. The molecule has 0 bridgehead atoms. The molecule has 11 amide bonds. The number of alkyl halides is 1. The molecule has 0 fully saturated rings. The van der Waals surface area contributed by atoms with Crippen molar-refractivity contribution in [3.63, 3.8) is 0 Å². The highest BCUT2D eigenvalue weighted by Gasteiger charge is 2.37. The van der Waals surface area contributed by atoms with E-state index >= 15 is 0 Å². The average molecular weight is 1290 g/mol. The normalized spacial score (nSPS) is 14.0. The molecule has 0 unspecified atom stereocenters. The molecule has 0 saturated carbocycles. The van der Waals surface area contributed by atoms with E-state index in [1.54, 1.807) is 84.1 Å². The highest BCUT2D eigenvalue weighted by atomic mass is 35.5. The van der Waals surface area contributed by atoms with Gasteiger partial charge in [-0.2, -0.15) is 0 Å². The van der Waals surface area contributed by atoms with E-state index in [4.69, 9.17) is 36.3 Å². The quantitative estimate of drug-likeness (QED) is 0.0174. The van der Waals surface area contributed by atoms with Crippen molar-refractivity contribution in [1.82, 2.24) is 40.0 Å². The van der Waals surface area contributed by atoms with Gasteiger partial charge in [-0.1, -0.05) is 44.2 Å². The molecule has 28 nitrogen and oxygen atoms in total. The number of nitrogens with zero attached hydrogens (tertiary/aromatic N) is 6. The number of aliphatic hydroxyl groups excluding tert-OH is 1.